The van der Waals surface area contributed by atoms with Gasteiger partial charge in [0.2, 0.25) is 0 Å². The highest BCUT2D eigenvalue weighted by molar-refractivity contribution is 5.06. The lowest BCUT2D eigenvalue weighted by molar-refractivity contribution is 0.300. The molecule has 0 fully saturated rings. The molecule has 0 amide bonds. The van der Waals surface area contributed by atoms with E-state index in [-0.39, 0.29) is 6.04 Å². The summed E-state index contributed by atoms with van der Waals surface area (Å²) >= 11 is 0. The van der Waals surface area contributed by atoms with Gasteiger partial charge in [-0.3, -0.25) is 0 Å². The molecule has 80 valence electrons. The molecule has 7 heteroatoms. The third-order valence-corrected chi connectivity index (χ3v) is 2.08. The summed E-state index contributed by atoms with van der Waals surface area (Å²) in [5, 5.41) is 15.3. The van der Waals surface area contributed by atoms with Crippen LogP contribution < -0.4 is 5.73 Å². The van der Waals surface area contributed by atoms with Crippen molar-refractivity contribution in [3.63, 3.8) is 0 Å². The minimum absolute atomic E-state index is 0.115. The molecule has 0 aromatic carbocycles. The van der Waals surface area contributed by atoms with Crippen LogP contribution in [0.25, 0.3) is 0 Å². The van der Waals surface area contributed by atoms with Gasteiger partial charge in [0.25, 0.3) is 0 Å². The topological polar surface area (TPSA) is 95.7 Å². The van der Waals surface area contributed by atoms with Crippen molar-refractivity contribution in [2.45, 2.75) is 26.4 Å². The van der Waals surface area contributed by atoms with Crippen molar-refractivity contribution in [1.29, 1.82) is 0 Å². The van der Waals surface area contributed by atoms with Crippen molar-refractivity contribution < 1.29 is 4.63 Å². The fraction of sp³-hybridized carbons (Fsp3) is 0.500. The fourth-order valence-electron chi connectivity index (χ4n) is 1.15. The molecule has 1 atom stereocenters. The summed E-state index contributed by atoms with van der Waals surface area (Å²) in [6.45, 7) is 4.18. The second-order valence-corrected chi connectivity index (χ2v) is 3.43. The molecular formula is C8H12N6O. The minimum Gasteiger partial charge on any atom is -0.323 e. The zero-order valence-corrected chi connectivity index (χ0v) is 8.58. The lowest BCUT2D eigenvalue weighted by Gasteiger charge is -1.96. The maximum absolute atomic E-state index is 5.67. The Morgan fingerprint density at radius 3 is 2.87 bits per heavy atom. The van der Waals surface area contributed by atoms with E-state index >= 15 is 0 Å². The first-order valence-corrected chi connectivity index (χ1v) is 4.60. The Labute approximate surface area is 86.2 Å². The van der Waals surface area contributed by atoms with Crippen LogP contribution in [0.5, 0.6) is 0 Å². The first kappa shape index (κ1) is 9.78. The molecule has 2 aromatic rings. The Bertz CT molecular complexity index is 445. The Hall–Kier alpha value is -1.76. The SMILES string of the molecule is Cc1nonc1Cn1cc(C(C)N)nn1. The van der Waals surface area contributed by atoms with Crippen LogP contribution in [0, 0.1) is 6.92 Å². The monoisotopic (exact) mass is 208 g/mol. The minimum atomic E-state index is -0.115. The summed E-state index contributed by atoms with van der Waals surface area (Å²) < 4.78 is 6.24. The summed E-state index contributed by atoms with van der Waals surface area (Å²) in [7, 11) is 0. The second kappa shape index (κ2) is 3.77. The maximum Gasteiger partial charge on any atom is 0.129 e. The number of hydrogen-bond donors (Lipinski definition) is 1. The van der Waals surface area contributed by atoms with Crippen molar-refractivity contribution in [2.24, 2.45) is 5.73 Å². The van der Waals surface area contributed by atoms with Crippen LogP contribution in [0.2, 0.25) is 0 Å². The Kier molecular flexibility index (Phi) is 2.46. The Balaban J connectivity index is 2.15. The number of aromatic nitrogens is 5. The van der Waals surface area contributed by atoms with Crippen LogP contribution in [0.4, 0.5) is 0 Å². The third-order valence-electron chi connectivity index (χ3n) is 2.08. The molecule has 7 nitrogen and oxygen atoms in total. The Morgan fingerprint density at radius 2 is 2.33 bits per heavy atom. The van der Waals surface area contributed by atoms with Crippen molar-refractivity contribution in [1.82, 2.24) is 25.3 Å². The van der Waals surface area contributed by atoms with E-state index in [2.05, 4.69) is 25.3 Å². The molecule has 2 rings (SSSR count). The van der Waals surface area contributed by atoms with Crippen LogP contribution in [0.3, 0.4) is 0 Å². The predicted octanol–water partition coefficient (Wildman–Crippen LogP) is 0.0375. The largest absolute Gasteiger partial charge is 0.323 e. The van der Waals surface area contributed by atoms with Crippen LogP contribution >= 0.6 is 0 Å². The van der Waals surface area contributed by atoms with E-state index in [1.165, 1.54) is 0 Å². The molecule has 1 unspecified atom stereocenters. The highest BCUT2D eigenvalue weighted by atomic mass is 16.6. The van der Waals surface area contributed by atoms with Crippen molar-refractivity contribution >= 4 is 0 Å². The number of aryl methyl sites for hydroxylation is 1. The van der Waals surface area contributed by atoms with Gasteiger partial charge in [-0.15, -0.1) is 5.10 Å². The quantitative estimate of drug-likeness (QED) is 0.764. The van der Waals surface area contributed by atoms with E-state index in [4.69, 9.17) is 5.73 Å². The van der Waals surface area contributed by atoms with Crippen LogP contribution in [0.1, 0.15) is 30.0 Å². The predicted molar refractivity (Wildman–Crippen MR) is 50.8 cm³/mol. The summed E-state index contributed by atoms with van der Waals surface area (Å²) in [5.74, 6) is 0. The number of nitrogens with zero attached hydrogens (tertiary/aromatic N) is 5. The highest BCUT2D eigenvalue weighted by Gasteiger charge is 2.09. The number of nitrogens with two attached hydrogens (primary N) is 1. The molecule has 2 heterocycles. The highest BCUT2D eigenvalue weighted by Crippen LogP contribution is 2.06. The van der Waals surface area contributed by atoms with Gasteiger partial charge in [-0.05, 0) is 13.8 Å². The number of rotatable bonds is 3. The molecule has 0 aliphatic heterocycles. The van der Waals surface area contributed by atoms with E-state index in [0.717, 1.165) is 17.1 Å². The molecular weight excluding hydrogens is 196 g/mol. The molecule has 0 saturated carbocycles. The van der Waals surface area contributed by atoms with E-state index in [1.807, 2.05) is 13.8 Å². The van der Waals surface area contributed by atoms with Gasteiger partial charge in [-0.25, -0.2) is 9.31 Å². The summed E-state index contributed by atoms with van der Waals surface area (Å²) in [6.07, 6.45) is 1.79. The Morgan fingerprint density at radius 1 is 1.53 bits per heavy atom. The molecule has 2 aromatic heterocycles. The molecule has 0 spiro atoms. The first-order chi connectivity index (χ1) is 7.16. The first-order valence-electron chi connectivity index (χ1n) is 4.60. The lowest BCUT2D eigenvalue weighted by Crippen LogP contribution is -2.05. The summed E-state index contributed by atoms with van der Waals surface area (Å²) in [6, 6.07) is -0.115. The molecule has 15 heavy (non-hydrogen) atoms. The molecule has 0 radical (unpaired) electrons. The van der Waals surface area contributed by atoms with Crippen LogP contribution in [0.15, 0.2) is 10.8 Å². The lowest BCUT2D eigenvalue weighted by atomic mass is 10.3. The molecule has 0 aliphatic carbocycles. The molecule has 0 aliphatic rings. The summed E-state index contributed by atoms with van der Waals surface area (Å²) in [5.41, 5.74) is 7.93. The van der Waals surface area contributed by atoms with Gasteiger partial charge >= 0.3 is 0 Å². The average Bonchev–Trinajstić information content (AvgIpc) is 2.77. The van der Waals surface area contributed by atoms with E-state index in [9.17, 15) is 0 Å². The van der Waals surface area contributed by atoms with E-state index < -0.39 is 0 Å². The molecule has 0 saturated heterocycles. The normalized spacial score (nSPS) is 13.0. The van der Waals surface area contributed by atoms with Crippen LogP contribution in [-0.4, -0.2) is 25.3 Å². The van der Waals surface area contributed by atoms with Gasteiger partial charge in [0.05, 0.1) is 18.4 Å². The smallest absolute Gasteiger partial charge is 0.129 e. The van der Waals surface area contributed by atoms with Gasteiger partial charge in [0, 0.05) is 6.04 Å². The van der Waals surface area contributed by atoms with Gasteiger partial charge in [-0.2, -0.15) is 0 Å². The van der Waals surface area contributed by atoms with Crippen molar-refractivity contribution in [2.75, 3.05) is 0 Å². The van der Waals surface area contributed by atoms with Gasteiger partial charge in [-0.1, -0.05) is 15.5 Å². The standard InChI is InChI=1S/C8H12N6O/c1-5(9)7-3-14(13-10-7)4-8-6(2)11-15-12-8/h3,5H,4,9H2,1-2H3. The van der Waals surface area contributed by atoms with Crippen molar-refractivity contribution in [3.05, 3.63) is 23.3 Å². The molecule has 2 N–H and O–H groups in total. The maximum atomic E-state index is 5.67. The zero-order valence-electron chi connectivity index (χ0n) is 8.58. The van der Waals surface area contributed by atoms with E-state index in [0.29, 0.717) is 6.54 Å². The van der Waals surface area contributed by atoms with Gasteiger partial charge < -0.3 is 5.73 Å². The van der Waals surface area contributed by atoms with Gasteiger partial charge in [0.15, 0.2) is 0 Å². The summed E-state index contributed by atoms with van der Waals surface area (Å²) in [4.78, 5) is 0. The second-order valence-electron chi connectivity index (χ2n) is 3.43. The zero-order chi connectivity index (χ0) is 10.8. The molecule has 0 bridgehead atoms. The van der Waals surface area contributed by atoms with Crippen LogP contribution in [-0.2, 0) is 6.54 Å². The van der Waals surface area contributed by atoms with Gasteiger partial charge in [0.1, 0.15) is 11.4 Å². The average molecular weight is 208 g/mol. The fourth-order valence-corrected chi connectivity index (χ4v) is 1.15. The van der Waals surface area contributed by atoms with Crippen molar-refractivity contribution in [3.8, 4) is 0 Å². The number of hydrogen-bond acceptors (Lipinski definition) is 6. The van der Waals surface area contributed by atoms with E-state index in [1.54, 1.807) is 10.9 Å². The third kappa shape index (κ3) is 2.01.